The Hall–Kier alpha value is -3.22. The fourth-order valence-electron chi connectivity index (χ4n) is 3.96. The van der Waals surface area contributed by atoms with Crippen molar-refractivity contribution in [2.45, 2.75) is 32.2 Å². The van der Waals surface area contributed by atoms with Crippen LogP contribution in [0.15, 0.2) is 42.5 Å². The van der Waals surface area contributed by atoms with Gasteiger partial charge in [-0.2, -0.15) is 0 Å². The van der Waals surface area contributed by atoms with E-state index in [0.29, 0.717) is 18.7 Å². The third kappa shape index (κ3) is 3.60. The second kappa shape index (κ2) is 7.66. The Bertz CT molecular complexity index is 974. The van der Waals surface area contributed by atoms with E-state index in [9.17, 15) is 18.8 Å². The van der Waals surface area contributed by atoms with Crippen LogP contribution in [-0.4, -0.2) is 41.8 Å². The molecule has 1 unspecified atom stereocenters. The molecular formula is C22H22FN3O3. The summed E-state index contributed by atoms with van der Waals surface area (Å²) in [5.74, 6) is -1.62. The number of aryl methyl sites for hydroxylation is 1. The summed E-state index contributed by atoms with van der Waals surface area (Å²) in [5.41, 5.74) is 2.15. The molecule has 0 saturated carbocycles. The Morgan fingerprint density at radius 2 is 1.93 bits per heavy atom. The maximum absolute atomic E-state index is 13.9. The first-order chi connectivity index (χ1) is 14.0. The minimum Gasteiger partial charge on any atom is -0.327 e. The van der Waals surface area contributed by atoms with Gasteiger partial charge in [-0.25, -0.2) is 4.39 Å². The zero-order valence-corrected chi connectivity index (χ0v) is 16.2. The Morgan fingerprint density at radius 1 is 1.17 bits per heavy atom. The molecule has 1 saturated heterocycles. The van der Waals surface area contributed by atoms with Crippen LogP contribution in [0.4, 0.5) is 15.8 Å². The summed E-state index contributed by atoms with van der Waals surface area (Å²) in [6.45, 7) is 2.24. The number of rotatable bonds is 4. The number of amides is 3. The second-order valence-corrected chi connectivity index (χ2v) is 7.34. The number of hydrogen-bond donors (Lipinski definition) is 1. The molecule has 0 aliphatic carbocycles. The van der Waals surface area contributed by atoms with Crippen LogP contribution in [0.2, 0.25) is 0 Å². The van der Waals surface area contributed by atoms with Crippen LogP contribution in [0.3, 0.4) is 0 Å². The number of anilines is 2. The van der Waals surface area contributed by atoms with Gasteiger partial charge in [-0.05, 0) is 55.2 Å². The first-order valence-corrected chi connectivity index (χ1v) is 9.78. The van der Waals surface area contributed by atoms with Gasteiger partial charge in [0.2, 0.25) is 11.8 Å². The SMILES string of the molecule is CCc1ccc(NC(=O)CN2C(=O)C3CCCN3C(=O)c3ccc(F)cc32)cc1. The highest BCUT2D eigenvalue weighted by molar-refractivity contribution is 6.13. The van der Waals surface area contributed by atoms with Crippen molar-refractivity contribution >= 4 is 29.1 Å². The van der Waals surface area contributed by atoms with Crippen LogP contribution in [0, 0.1) is 5.82 Å². The minimum atomic E-state index is -0.616. The molecule has 0 aromatic heterocycles. The minimum absolute atomic E-state index is 0.144. The molecule has 0 radical (unpaired) electrons. The van der Waals surface area contributed by atoms with E-state index in [0.717, 1.165) is 24.5 Å². The zero-order chi connectivity index (χ0) is 20.5. The number of nitrogens with zero attached hydrogens (tertiary/aromatic N) is 2. The van der Waals surface area contributed by atoms with Crippen LogP contribution < -0.4 is 10.2 Å². The van der Waals surface area contributed by atoms with Crippen LogP contribution in [0.1, 0.15) is 35.7 Å². The Morgan fingerprint density at radius 3 is 2.66 bits per heavy atom. The number of benzene rings is 2. The summed E-state index contributed by atoms with van der Waals surface area (Å²) in [7, 11) is 0. The molecule has 2 aliphatic rings. The molecule has 1 N–H and O–H groups in total. The molecule has 2 aromatic carbocycles. The summed E-state index contributed by atoms with van der Waals surface area (Å²) in [5, 5.41) is 2.77. The van der Waals surface area contributed by atoms with Crippen LogP contribution in [0.25, 0.3) is 0 Å². The molecule has 4 rings (SSSR count). The van der Waals surface area contributed by atoms with Crippen molar-refractivity contribution in [3.8, 4) is 0 Å². The number of hydrogen-bond acceptors (Lipinski definition) is 3. The molecule has 29 heavy (non-hydrogen) atoms. The number of halogens is 1. The van der Waals surface area contributed by atoms with Crippen molar-refractivity contribution in [2.75, 3.05) is 23.3 Å². The number of nitrogens with one attached hydrogen (secondary N) is 1. The highest BCUT2D eigenvalue weighted by atomic mass is 19.1. The third-order valence-electron chi connectivity index (χ3n) is 5.49. The first kappa shape index (κ1) is 19.1. The van der Waals surface area contributed by atoms with Gasteiger partial charge in [-0.15, -0.1) is 0 Å². The molecule has 0 spiro atoms. The average Bonchev–Trinajstić information content (AvgIpc) is 3.19. The van der Waals surface area contributed by atoms with Gasteiger partial charge in [0, 0.05) is 12.2 Å². The predicted molar refractivity (Wildman–Crippen MR) is 107 cm³/mol. The topological polar surface area (TPSA) is 69.7 Å². The van der Waals surface area contributed by atoms with Gasteiger partial charge in [0.15, 0.2) is 0 Å². The molecular weight excluding hydrogens is 373 g/mol. The van der Waals surface area contributed by atoms with Gasteiger partial charge < -0.3 is 15.1 Å². The normalized spacial score (nSPS) is 18.3. The highest BCUT2D eigenvalue weighted by Crippen LogP contribution is 2.33. The van der Waals surface area contributed by atoms with Crippen molar-refractivity contribution in [3.05, 3.63) is 59.4 Å². The molecule has 150 valence electrons. The standard InChI is InChI=1S/C22H22FN3O3/c1-2-14-5-8-16(9-6-14)24-20(27)13-26-19-12-15(23)7-10-17(19)21(28)25-11-3-4-18(25)22(26)29/h5-10,12,18H,2-4,11,13H2,1H3,(H,24,27). The molecule has 2 aromatic rings. The van der Waals surface area contributed by atoms with E-state index >= 15 is 0 Å². The number of carbonyl (C=O) groups excluding carboxylic acids is 3. The largest absolute Gasteiger partial charge is 0.327 e. The molecule has 7 heteroatoms. The third-order valence-corrected chi connectivity index (χ3v) is 5.49. The van der Waals surface area contributed by atoms with E-state index in [2.05, 4.69) is 5.32 Å². The fraction of sp³-hybridized carbons (Fsp3) is 0.318. The summed E-state index contributed by atoms with van der Waals surface area (Å²) >= 11 is 0. The van der Waals surface area contributed by atoms with Crippen LogP contribution >= 0.6 is 0 Å². The summed E-state index contributed by atoms with van der Waals surface area (Å²) in [6.07, 6.45) is 2.16. The van der Waals surface area contributed by atoms with E-state index in [1.807, 2.05) is 19.1 Å². The number of fused-ring (bicyclic) bond motifs is 2. The summed E-state index contributed by atoms with van der Waals surface area (Å²) in [4.78, 5) is 41.5. The Balaban J connectivity index is 1.62. The lowest BCUT2D eigenvalue weighted by molar-refractivity contribution is -0.124. The van der Waals surface area contributed by atoms with Gasteiger partial charge in [0.05, 0.1) is 11.3 Å². The molecule has 1 atom stereocenters. The lowest BCUT2D eigenvalue weighted by Crippen LogP contribution is -2.47. The lowest BCUT2D eigenvalue weighted by atomic mass is 10.1. The van der Waals surface area contributed by atoms with Gasteiger partial charge in [-0.1, -0.05) is 19.1 Å². The zero-order valence-electron chi connectivity index (χ0n) is 16.2. The van der Waals surface area contributed by atoms with E-state index in [4.69, 9.17) is 0 Å². The Labute approximate surface area is 168 Å². The first-order valence-electron chi connectivity index (χ1n) is 9.78. The molecule has 1 fully saturated rings. The molecule has 6 nitrogen and oxygen atoms in total. The monoisotopic (exact) mass is 395 g/mol. The van der Waals surface area contributed by atoms with E-state index in [-0.39, 0.29) is 29.6 Å². The maximum Gasteiger partial charge on any atom is 0.256 e. The fourth-order valence-corrected chi connectivity index (χ4v) is 3.96. The van der Waals surface area contributed by atoms with Crippen molar-refractivity contribution in [2.24, 2.45) is 0 Å². The quantitative estimate of drug-likeness (QED) is 0.865. The molecule has 2 heterocycles. The van der Waals surface area contributed by atoms with Crippen LogP contribution in [-0.2, 0) is 16.0 Å². The molecule has 3 amide bonds. The van der Waals surface area contributed by atoms with Gasteiger partial charge in [0.25, 0.3) is 5.91 Å². The lowest BCUT2D eigenvalue weighted by Gasteiger charge is -2.25. The van der Waals surface area contributed by atoms with Crippen molar-refractivity contribution < 1.29 is 18.8 Å². The van der Waals surface area contributed by atoms with Gasteiger partial charge in [-0.3, -0.25) is 14.4 Å². The van der Waals surface area contributed by atoms with Gasteiger partial charge in [0.1, 0.15) is 18.4 Å². The van der Waals surface area contributed by atoms with E-state index in [1.54, 1.807) is 12.1 Å². The summed E-state index contributed by atoms with van der Waals surface area (Å²) in [6, 6.07) is 10.6. The summed E-state index contributed by atoms with van der Waals surface area (Å²) < 4.78 is 13.9. The predicted octanol–water partition coefficient (Wildman–Crippen LogP) is 2.98. The smallest absolute Gasteiger partial charge is 0.256 e. The van der Waals surface area contributed by atoms with Crippen molar-refractivity contribution in [1.29, 1.82) is 0 Å². The van der Waals surface area contributed by atoms with Gasteiger partial charge >= 0.3 is 0 Å². The Kier molecular flexibility index (Phi) is 5.05. The average molecular weight is 395 g/mol. The molecule has 2 aliphatic heterocycles. The second-order valence-electron chi connectivity index (χ2n) is 7.34. The molecule has 0 bridgehead atoms. The van der Waals surface area contributed by atoms with Crippen LogP contribution in [0.5, 0.6) is 0 Å². The maximum atomic E-state index is 13.9. The van der Waals surface area contributed by atoms with Crippen molar-refractivity contribution in [1.82, 2.24) is 4.90 Å². The number of carbonyl (C=O) groups is 3. The van der Waals surface area contributed by atoms with E-state index < -0.39 is 17.8 Å². The van der Waals surface area contributed by atoms with Crippen molar-refractivity contribution in [3.63, 3.8) is 0 Å². The van der Waals surface area contributed by atoms with E-state index in [1.165, 1.54) is 21.9 Å². The highest BCUT2D eigenvalue weighted by Gasteiger charge is 2.42.